The Morgan fingerprint density at radius 2 is 2.23 bits per heavy atom. The van der Waals surface area contributed by atoms with Crippen molar-refractivity contribution >= 4 is 23.2 Å². The Morgan fingerprint density at radius 1 is 1.38 bits per heavy atom. The number of halogens is 1. The number of amides is 1. The Balaban J connectivity index is 2.14. The van der Waals surface area contributed by atoms with E-state index < -0.39 is 0 Å². The van der Waals surface area contributed by atoms with Gasteiger partial charge in [0.05, 0.1) is 0 Å². The van der Waals surface area contributed by atoms with Crippen molar-refractivity contribution in [1.29, 1.82) is 0 Å². The number of rotatable bonds is 0. The van der Waals surface area contributed by atoms with Crippen molar-refractivity contribution < 1.29 is 4.79 Å². The first-order chi connectivity index (χ1) is 6.25. The van der Waals surface area contributed by atoms with Gasteiger partial charge in [-0.15, -0.1) is 0 Å². The minimum atomic E-state index is 0.153. The standard InChI is InChI=1S/C10H8ClNO/c11-5-1-2-6-7-4-8(7)10(13)12-9(6)3-5/h1-3,7-8H,4H2,(H,12,13). The number of fused-ring (bicyclic) bond motifs is 3. The molecular weight excluding hydrogens is 186 g/mol. The van der Waals surface area contributed by atoms with Gasteiger partial charge in [0.15, 0.2) is 0 Å². The Hall–Kier alpha value is -1.02. The van der Waals surface area contributed by atoms with E-state index in [-0.39, 0.29) is 11.8 Å². The minimum absolute atomic E-state index is 0.153. The Kier molecular flexibility index (Phi) is 1.29. The smallest absolute Gasteiger partial charge is 0.228 e. The lowest BCUT2D eigenvalue weighted by Gasteiger charge is -2.15. The molecule has 0 saturated heterocycles. The molecule has 1 saturated carbocycles. The van der Waals surface area contributed by atoms with E-state index in [1.54, 1.807) is 0 Å². The van der Waals surface area contributed by atoms with Gasteiger partial charge in [-0.3, -0.25) is 4.79 Å². The fraction of sp³-hybridized carbons (Fsp3) is 0.300. The van der Waals surface area contributed by atoms with E-state index in [9.17, 15) is 4.79 Å². The van der Waals surface area contributed by atoms with Crippen LogP contribution in [0.2, 0.25) is 5.02 Å². The van der Waals surface area contributed by atoms with Crippen molar-refractivity contribution in [3.63, 3.8) is 0 Å². The fourth-order valence-corrected chi connectivity index (χ4v) is 2.19. The summed E-state index contributed by atoms with van der Waals surface area (Å²) in [6, 6.07) is 5.72. The van der Waals surface area contributed by atoms with Gasteiger partial charge in [0.1, 0.15) is 0 Å². The molecule has 0 spiro atoms. The van der Waals surface area contributed by atoms with Gasteiger partial charge < -0.3 is 5.32 Å². The lowest BCUT2D eigenvalue weighted by atomic mass is 10.0. The van der Waals surface area contributed by atoms with Crippen LogP contribution in [0.15, 0.2) is 18.2 Å². The normalized spacial score (nSPS) is 28.8. The maximum absolute atomic E-state index is 11.4. The highest BCUT2D eigenvalue weighted by molar-refractivity contribution is 6.31. The average molecular weight is 194 g/mol. The van der Waals surface area contributed by atoms with Gasteiger partial charge in [-0.2, -0.15) is 0 Å². The molecule has 3 rings (SSSR count). The quantitative estimate of drug-likeness (QED) is 0.674. The Bertz CT molecular complexity index is 402. The summed E-state index contributed by atoms with van der Waals surface area (Å²) in [5, 5.41) is 3.55. The third-order valence-corrected chi connectivity index (χ3v) is 3.03. The first kappa shape index (κ1) is 7.39. The summed E-state index contributed by atoms with van der Waals surface area (Å²) < 4.78 is 0. The van der Waals surface area contributed by atoms with Crippen molar-refractivity contribution in [2.75, 3.05) is 5.32 Å². The van der Waals surface area contributed by atoms with Crippen molar-refractivity contribution in [3.8, 4) is 0 Å². The molecule has 2 nitrogen and oxygen atoms in total. The molecule has 1 fully saturated rings. The number of benzene rings is 1. The molecule has 1 heterocycles. The number of carbonyl (C=O) groups is 1. The van der Waals surface area contributed by atoms with Crippen LogP contribution >= 0.6 is 11.6 Å². The average Bonchev–Trinajstić information content (AvgIpc) is 2.83. The molecule has 66 valence electrons. The molecule has 0 aromatic heterocycles. The highest BCUT2D eigenvalue weighted by atomic mass is 35.5. The highest BCUT2D eigenvalue weighted by Gasteiger charge is 2.48. The van der Waals surface area contributed by atoms with E-state index in [4.69, 9.17) is 11.6 Å². The summed E-state index contributed by atoms with van der Waals surface area (Å²) in [6.07, 6.45) is 1.00. The molecule has 2 aliphatic rings. The zero-order valence-corrected chi connectivity index (χ0v) is 7.64. The summed E-state index contributed by atoms with van der Waals surface area (Å²) >= 11 is 5.83. The van der Waals surface area contributed by atoms with Crippen LogP contribution < -0.4 is 5.32 Å². The van der Waals surface area contributed by atoms with E-state index in [0.717, 1.165) is 12.1 Å². The lowest BCUT2D eigenvalue weighted by Crippen LogP contribution is -2.19. The van der Waals surface area contributed by atoms with E-state index in [1.807, 2.05) is 18.2 Å². The summed E-state index contributed by atoms with van der Waals surface area (Å²) in [4.78, 5) is 11.4. The summed E-state index contributed by atoms with van der Waals surface area (Å²) in [6.45, 7) is 0. The Morgan fingerprint density at radius 3 is 3.08 bits per heavy atom. The third kappa shape index (κ3) is 0.985. The molecule has 0 radical (unpaired) electrons. The SMILES string of the molecule is O=C1Nc2cc(Cl)ccc2C2CC12. The number of hydrogen-bond acceptors (Lipinski definition) is 1. The van der Waals surface area contributed by atoms with Crippen LogP contribution in [-0.4, -0.2) is 5.91 Å². The Labute approximate surface area is 80.9 Å². The molecule has 0 bridgehead atoms. The van der Waals surface area contributed by atoms with E-state index in [0.29, 0.717) is 10.9 Å². The summed E-state index contributed by atoms with van der Waals surface area (Å²) in [5.74, 6) is 0.842. The molecule has 1 N–H and O–H groups in total. The second-order valence-corrected chi connectivity index (χ2v) is 4.11. The van der Waals surface area contributed by atoms with Crippen molar-refractivity contribution in [2.24, 2.45) is 5.92 Å². The number of hydrogen-bond donors (Lipinski definition) is 1. The molecule has 1 aromatic carbocycles. The molecule has 13 heavy (non-hydrogen) atoms. The van der Waals surface area contributed by atoms with Gasteiger partial charge in [-0.25, -0.2) is 0 Å². The second-order valence-electron chi connectivity index (χ2n) is 3.67. The van der Waals surface area contributed by atoms with Gasteiger partial charge in [0.25, 0.3) is 0 Å². The van der Waals surface area contributed by atoms with Crippen molar-refractivity contribution in [2.45, 2.75) is 12.3 Å². The number of carbonyl (C=O) groups excluding carboxylic acids is 1. The van der Waals surface area contributed by atoms with Crippen molar-refractivity contribution in [3.05, 3.63) is 28.8 Å². The first-order valence-electron chi connectivity index (χ1n) is 4.36. The van der Waals surface area contributed by atoms with Crippen LogP contribution in [0, 0.1) is 5.92 Å². The van der Waals surface area contributed by atoms with E-state index >= 15 is 0 Å². The maximum Gasteiger partial charge on any atom is 0.228 e. The van der Waals surface area contributed by atoms with Gasteiger partial charge in [0.2, 0.25) is 5.91 Å². The predicted octanol–water partition coefficient (Wildman–Crippen LogP) is 2.40. The molecule has 1 aliphatic carbocycles. The summed E-state index contributed by atoms with van der Waals surface area (Å²) in [7, 11) is 0. The third-order valence-electron chi connectivity index (χ3n) is 2.80. The van der Waals surface area contributed by atoms with Crippen LogP contribution in [0.4, 0.5) is 5.69 Å². The second kappa shape index (κ2) is 2.26. The van der Waals surface area contributed by atoms with Crippen LogP contribution in [0.5, 0.6) is 0 Å². The largest absolute Gasteiger partial charge is 0.326 e. The zero-order chi connectivity index (χ0) is 9.00. The molecule has 1 aliphatic heterocycles. The molecule has 2 atom stereocenters. The maximum atomic E-state index is 11.4. The van der Waals surface area contributed by atoms with Crippen LogP contribution in [0.1, 0.15) is 17.9 Å². The molecule has 2 unspecified atom stereocenters. The molecule has 1 amide bonds. The van der Waals surface area contributed by atoms with Crippen LogP contribution in [0.25, 0.3) is 0 Å². The van der Waals surface area contributed by atoms with Gasteiger partial charge in [-0.05, 0) is 30.0 Å². The zero-order valence-electron chi connectivity index (χ0n) is 6.88. The van der Waals surface area contributed by atoms with Crippen LogP contribution in [0.3, 0.4) is 0 Å². The number of nitrogens with one attached hydrogen (secondary N) is 1. The van der Waals surface area contributed by atoms with Gasteiger partial charge >= 0.3 is 0 Å². The fourth-order valence-electron chi connectivity index (χ4n) is 2.01. The molecule has 3 heteroatoms. The van der Waals surface area contributed by atoms with Gasteiger partial charge in [0, 0.05) is 16.6 Å². The van der Waals surface area contributed by atoms with Crippen molar-refractivity contribution in [1.82, 2.24) is 0 Å². The monoisotopic (exact) mass is 193 g/mol. The van der Waals surface area contributed by atoms with Gasteiger partial charge in [-0.1, -0.05) is 17.7 Å². The topological polar surface area (TPSA) is 29.1 Å². The lowest BCUT2D eigenvalue weighted by molar-refractivity contribution is -0.117. The van der Waals surface area contributed by atoms with E-state index in [2.05, 4.69) is 5.32 Å². The highest BCUT2D eigenvalue weighted by Crippen LogP contribution is 2.53. The first-order valence-corrected chi connectivity index (χ1v) is 4.74. The summed E-state index contributed by atoms with van der Waals surface area (Å²) in [5.41, 5.74) is 2.14. The molecule has 1 aromatic rings. The number of anilines is 1. The van der Waals surface area contributed by atoms with Crippen LogP contribution in [-0.2, 0) is 4.79 Å². The predicted molar refractivity (Wildman–Crippen MR) is 50.9 cm³/mol. The minimum Gasteiger partial charge on any atom is -0.326 e. The van der Waals surface area contributed by atoms with E-state index in [1.165, 1.54) is 5.56 Å². The molecular formula is C10H8ClNO.